The van der Waals surface area contributed by atoms with Crippen LogP contribution >= 0.6 is 0 Å². The molecular weight excluding hydrogens is 300 g/mol. The van der Waals surface area contributed by atoms with Gasteiger partial charge in [0.25, 0.3) is 0 Å². The molecule has 0 bridgehead atoms. The zero-order valence-corrected chi connectivity index (χ0v) is 17.5. The molecule has 0 saturated heterocycles. The molecule has 4 atom stereocenters. The first kappa shape index (κ1) is 19.8. The summed E-state index contributed by atoms with van der Waals surface area (Å²) in [7, 11) is 0. The summed E-state index contributed by atoms with van der Waals surface area (Å²) >= 11 is 0. The fourth-order valence-electron chi connectivity index (χ4n) is 6.82. The fourth-order valence-corrected chi connectivity index (χ4v) is 6.82. The first-order valence-corrected chi connectivity index (χ1v) is 12.3. The van der Waals surface area contributed by atoms with E-state index in [2.05, 4.69) is 13.8 Å². The average Bonchev–Trinajstić information content (AvgIpc) is 2.67. The van der Waals surface area contributed by atoms with Crippen molar-refractivity contribution in [2.75, 3.05) is 0 Å². The molecule has 0 nitrogen and oxygen atoms in total. The second-order valence-electron chi connectivity index (χ2n) is 10.2. The summed E-state index contributed by atoms with van der Waals surface area (Å²) in [6.07, 6.45) is 26.1. The molecule has 0 aromatic carbocycles. The maximum Gasteiger partial charge on any atom is -0.0383 e. The van der Waals surface area contributed by atoms with Gasteiger partial charge < -0.3 is 0 Å². The van der Waals surface area contributed by atoms with Crippen LogP contribution in [0.25, 0.3) is 0 Å². The van der Waals surface area contributed by atoms with Crippen molar-refractivity contribution in [3.8, 4) is 0 Å². The molecule has 3 aliphatic carbocycles. The lowest BCUT2D eigenvalue weighted by atomic mass is 9.60. The van der Waals surface area contributed by atoms with Gasteiger partial charge in [-0.25, -0.2) is 0 Å². The molecule has 0 amide bonds. The lowest BCUT2D eigenvalue weighted by Crippen LogP contribution is -2.34. The number of hydrogen-bond donors (Lipinski definition) is 0. The van der Waals surface area contributed by atoms with Crippen LogP contribution in [0.3, 0.4) is 0 Å². The van der Waals surface area contributed by atoms with Gasteiger partial charge in [-0.1, -0.05) is 78.1 Å². The summed E-state index contributed by atoms with van der Waals surface area (Å²) in [5.41, 5.74) is 0. The summed E-state index contributed by atoms with van der Waals surface area (Å²) in [6, 6.07) is 0. The second-order valence-corrected chi connectivity index (χ2v) is 10.2. The Labute approximate surface area is 158 Å². The maximum absolute atomic E-state index is 2.40. The smallest absolute Gasteiger partial charge is 0.0383 e. The largest absolute Gasteiger partial charge is 0.0654 e. The highest BCUT2D eigenvalue weighted by atomic mass is 14.4. The third-order valence-corrected chi connectivity index (χ3v) is 8.61. The van der Waals surface area contributed by atoms with Crippen LogP contribution in [0.4, 0.5) is 0 Å². The van der Waals surface area contributed by atoms with Gasteiger partial charge in [0.1, 0.15) is 0 Å². The fraction of sp³-hybridized carbons (Fsp3) is 1.00. The Morgan fingerprint density at radius 1 is 0.520 bits per heavy atom. The van der Waals surface area contributed by atoms with Gasteiger partial charge in [0, 0.05) is 0 Å². The minimum Gasteiger partial charge on any atom is -0.0654 e. The van der Waals surface area contributed by atoms with E-state index in [1.165, 1.54) is 38.5 Å². The first-order chi connectivity index (χ1) is 12.3. The highest BCUT2D eigenvalue weighted by Gasteiger charge is 2.38. The van der Waals surface area contributed by atoms with Crippen LogP contribution in [-0.2, 0) is 0 Å². The maximum atomic E-state index is 2.40. The molecule has 0 heteroatoms. The molecule has 0 spiro atoms. The van der Waals surface area contributed by atoms with Crippen LogP contribution in [0.2, 0.25) is 0 Å². The normalized spacial score (nSPS) is 39.1. The van der Waals surface area contributed by atoms with Crippen molar-refractivity contribution in [2.45, 2.75) is 123 Å². The van der Waals surface area contributed by atoms with Gasteiger partial charge in [-0.2, -0.15) is 0 Å². The molecule has 3 aliphatic rings. The Bertz CT molecular complexity index is 351. The standard InChI is InChI=1S/C25H46/c1-3-5-6-7-8-9-21-12-15-25-19-24(17-16-23(25)18-21)22-13-10-20(4-2)11-14-22/h20-25H,3-19H2,1-2H3/t20?,21-,22?,23-,24+,25+/m0/s1. The van der Waals surface area contributed by atoms with E-state index in [9.17, 15) is 0 Å². The predicted molar refractivity (Wildman–Crippen MR) is 111 cm³/mol. The summed E-state index contributed by atoms with van der Waals surface area (Å²) in [5, 5.41) is 0. The van der Waals surface area contributed by atoms with Gasteiger partial charge in [0.15, 0.2) is 0 Å². The molecule has 0 aromatic heterocycles. The van der Waals surface area contributed by atoms with Crippen LogP contribution in [0.15, 0.2) is 0 Å². The van der Waals surface area contributed by atoms with Crippen LogP contribution in [0.5, 0.6) is 0 Å². The van der Waals surface area contributed by atoms with Crippen molar-refractivity contribution in [3.05, 3.63) is 0 Å². The molecule has 0 heterocycles. The summed E-state index contributed by atoms with van der Waals surface area (Å²) in [4.78, 5) is 0. The Balaban J connectivity index is 1.36. The Morgan fingerprint density at radius 2 is 1.08 bits per heavy atom. The average molecular weight is 347 g/mol. The van der Waals surface area contributed by atoms with E-state index in [1.807, 2.05) is 0 Å². The molecule has 146 valence electrons. The highest BCUT2D eigenvalue weighted by molar-refractivity contribution is 4.89. The highest BCUT2D eigenvalue weighted by Crippen LogP contribution is 2.49. The van der Waals surface area contributed by atoms with Gasteiger partial charge in [-0.05, 0) is 80.5 Å². The molecule has 25 heavy (non-hydrogen) atoms. The SMILES string of the molecule is CCCCCCC[C@H]1CC[C@@H]2C[C@H](C3CCC(CC)CC3)CC[C@H]2C1. The van der Waals surface area contributed by atoms with Gasteiger partial charge in [-0.3, -0.25) is 0 Å². The van der Waals surface area contributed by atoms with Crippen molar-refractivity contribution in [1.82, 2.24) is 0 Å². The molecule has 0 N–H and O–H groups in total. The van der Waals surface area contributed by atoms with Gasteiger partial charge in [-0.15, -0.1) is 0 Å². The molecule has 0 aromatic rings. The van der Waals surface area contributed by atoms with Gasteiger partial charge >= 0.3 is 0 Å². The van der Waals surface area contributed by atoms with Gasteiger partial charge in [0.05, 0.1) is 0 Å². The molecule has 0 radical (unpaired) electrons. The first-order valence-electron chi connectivity index (χ1n) is 12.3. The second kappa shape index (κ2) is 10.4. The Hall–Kier alpha value is 0. The topological polar surface area (TPSA) is 0 Å². The zero-order chi connectivity index (χ0) is 17.5. The van der Waals surface area contributed by atoms with Crippen LogP contribution in [0.1, 0.15) is 123 Å². The Morgan fingerprint density at radius 3 is 1.80 bits per heavy atom. The molecular formula is C25H46. The summed E-state index contributed by atoms with van der Waals surface area (Å²) in [6.45, 7) is 4.73. The Kier molecular flexibility index (Phi) is 8.19. The zero-order valence-electron chi connectivity index (χ0n) is 17.5. The number of hydrogen-bond acceptors (Lipinski definition) is 0. The van der Waals surface area contributed by atoms with E-state index in [4.69, 9.17) is 0 Å². The molecule has 3 fully saturated rings. The van der Waals surface area contributed by atoms with E-state index < -0.39 is 0 Å². The minimum atomic E-state index is 1.07. The summed E-state index contributed by atoms with van der Waals surface area (Å²) < 4.78 is 0. The van der Waals surface area contributed by atoms with Crippen LogP contribution in [-0.4, -0.2) is 0 Å². The van der Waals surface area contributed by atoms with E-state index >= 15 is 0 Å². The molecule has 3 saturated carbocycles. The third kappa shape index (κ3) is 5.74. The number of unbranched alkanes of at least 4 members (excludes halogenated alkanes) is 4. The van der Waals surface area contributed by atoms with Crippen molar-refractivity contribution < 1.29 is 0 Å². The monoisotopic (exact) mass is 346 g/mol. The molecule has 0 unspecified atom stereocenters. The summed E-state index contributed by atoms with van der Waals surface area (Å²) in [5.74, 6) is 6.64. The number of rotatable bonds is 8. The van der Waals surface area contributed by atoms with Crippen LogP contribution in [0, 0.1) is 35.5 Å². The van der Waals surface area contributed by atoms with E-state index in [1.54, 1.807) is 70.6 Å². The molecule has 3 rings (SSSR count). The minimum absolute atomic E-state index is 1.07. The molecule has 0 aliphatic heterocycles. The van der Waals surface area contributed by atoms with E-state index in [0.29, 0.717) is 0 Å². The van der Waals surface area contributed by atoms with E-state index in [-0.39, 0.29) is 0 Å². The lowest BCUT2D eigenvalue weighted by Gasteiger charge is -2.45. The predicted octanol–water partition coefficient (Wildman–Crippen LogP) is 8.40. The van der Waals surface area contributed by atoms with E-state index in [0.717, 1.165) is 35.5 Å². The van der Waals surface area contributed by atoms with Gasteiger partial charge in [0.2, 0.25) is 0 Å². The van der Waals surface area contributed by atoms with Crippen molar-refractivity contribution in [3.63, 3.8) is 0 Å². The van der Waals surface area contributed by atoms with Crippen molar-refractivity contribution in [1.29, 1.82) is 0 Å². The third-order valence-electron chi connectivity index (χ3n) is 8.61. The van der Waals surface area contributed by atoms with Crippen molar-refractivity contribution in [2.24, 2.45) is 35.5 Å². The van der Waals surface area contributed by atoms with Crippen LogP contribution < -0.4 is 0 Å². The number of fused-ring (bicyclic) bond motifs is 1. The quantitative estimate of drug-likeness (QED) is 0.387. The van der Waals surface area contributed by atoms with Crippen molar-refractivity contribution >= 4 is 0 Å². The lowest BCUT2D eigenvalue weighted by molar-refractivity contribution is 0.0578.